The minimum absolute atomic E-state index is 0.351. The highest BCUT2D eigenvalue weighted by atomic mass is 16.5. The molecule has 1 aliphatic heterocycles. The summed E-state index contributed by atoms with van der Waals surface area (Å²) in [5, 5.41) is 0. The maximum absolute atomic E-state index is 5.59. The Labute approximate surface area is 77.2 Å². The minimum atomic E-state index is 0.351. The van der Waals surface area contributed by atoms with Gasteiger partial charge >= 0.3 is 0 Å². The van der Waals surface area contributed by atoms with Crippen LogP contribution in [0.2, 0.25) is 0 Å². The van der Waals surface area contributed by atoms with Gasteiger partial charge in [-0.05, 0) is 24.6 Å². The van der Waals surface area contributed by atoms with Crippen molar-refractivity contribution in [2.24, 2.45) is 5.92 Å². The van der Waals surface area contributed by atoms with Crippen molar-refractivity contribution in [3.05, 3.63) is 29.2 Å². The third kappa shape index (κ3) is 0.985. The zero-order chi connectivity index (χ0) is 8.84. The molecule has 2 heteroatoms. The van der Waals surface area contributed by atoms with Crippen LogP contribution in [-0.4, -0.2) is 12.7 Å². The molecule has 3 rings (SSSR count). The van der Waals surface area contributed by atoms with E-state index < -0.39 is 0 Å². The Kier molecular flexibility index (Phi) is 1.41. The topological polar surface area (TPSA) is 22.4 Å². The van der Waals surface area contributed by atoms with E-state index in [4.69, 9.17) is 9.15 Å². The van der Waals surface area contributed by atoms with Crippen LogP contribution in [0.4, 0.5) is 0 Å². The van der Waals surface area contributed by atoms with E-state index in [1.807, 2.05) is 6.07 Å². The molecule has 0 N–H and O–H groups in total. The molecule has 1 saturated heterocycles. The van der Waals surface area contributed by atoms with E-state index in [1.54, 1.807) is 6.26 Å². The van der Waals surface area contributed by atoms with Gasteiger partial charge in [-0.2, -0.15) is 0 Å². The van der Waals surface area contributed by atoms with Gasteiger partial charge in [0.2, 0.25) is 0 Å². The van der Waals surface area contributed by atoms with Crippen LogP contribution in [-0.2, 0) is 11.2 Å². The van der Waals surface area contributed by atoms with Crippen LogP contribution in [0.5, 0.6) is 0 Å². The van der Waals surface area contributed by atoms with Crippen molar-refractivity contribution in [2.75, 3.05) is 6.61 Å². The molecule has 0 amide bonds. The normalized spacial score (nSPS) is 31.0. The molecule has 2 nitrogen and oxygen atoms in total. The molecule has 2 aliphatic rings. The Morgan fingerprint density at radius 1 is 1.46 bits per heavy atom. The molecule has 2 heterocycles. The SMILES string of the molecule is CC1OCC2=Cc3ccoc3CC21. The second-order valence-electron chi connectivity index (χ2n) is 3.85. The molecule has 0 saturated carbocycles. The predicted molar refractivity (Wildman–Crippen MR) is 49.3 cm³/mol. The van der Waals surface area contributed by atoms with Crippen LogP contribution >= 0.6 is 0 Å². The van der Waals surface area contributed by atoms with Crippen LogP contribution in [0.1, 0.15) is 18.2 Å². The summed E-state index contributed by atoms with van der Waals surface area (Å²) in [7, 11) is 0. The summed E-state index contributed by atoms with van der Waals surface area (Å²) < 4.78 is 11.0. The van der Waals surface area contributed by atoms with E-state index in [9.17, 15) is 0 Å². The zero-order valence-electron chi connectivity index (χ0n) is 7.62. The fourth-order valence-corrected chi connectivity index (χ4v) is 2.24. The van der Waals surface area contributed by atoms with Gasteiger partial charge in [-0.1, -0.05) is 0 Å². The summed E-state index contributed by atoms with van der Waals surface area (Å²) in [6.07, 6.45) is 5.35. The molecule has 1 aliphatic carbocycles. The quantitative estimate of drug-likeness (QED) is 0.605. The van der Waals surface area contributed by atoms with Crippen LogP contribution < -0.4 is 0 Å². The average molecular weight is 176 g/mol. The Morgan fingerprint density at radius 2 is 2.38 bits per heavy atom. The van der Waals surface area contributed by atoms with Crippen molar-refractivity contribution in [1.82, 2.24) is 0 Å². The molecule has 2 unspecified atom stereocenters. The van der Waals surface area contributed by atoms with Gasteiger partial charge in [0.1, 0.15) is 5.76 Å². The van der Waals surface area contributed by atoms with Gasteiger partial charge < -0.3 is 9.15 Å². The summed E-state index contributed by atoms with van der Waals surface area (Å²) in [6.45, 7) is 2.94. The van der Waals surface area contributed by atoms with E-state index in [0.717, 1.165) is 18.8 Å². The molecular formula is C11H12O2. The van der Waals surface area contributed by atoms with Crippen LogP contribution in [0.25, 0.3) is 6.08 Å². The maximum atomic E-state index is 5.59. The van der Waals surface area contributed by atoms with Crippen molar-refractivity contribution >= 4 is 6.08 Å². The number of hydrogen-bond acceptors (Lipinski definition) is 2. The lowest BCUT2D eigenvalue weighted by Crippen LogP contribution is -2.17. The number of rotatable bonds is 0. The molecule has 0 spiro atoms. The minimum Gasteiger partial charge on any atom is -0.469 e. The highest BCUT2D eigenvalue weighted by Crippen LogP contribution is 2.36. The first kappa shape index (κ1) is 7.39. The van der Waals surface area contributed by atoms with E-state index in [0.29, 0.717) is 12.0 Å². The molecule has 0 aromatic carbocycles. The van der Waals surface area contributed by atoms with Crippen molar-refractivity contribution in [3.8, 4) is 0 Å². The second kappa shape index (κ2) is 2.48. The van der Waals surface area contributed by atoms with Gasteiger partial charge in [0, 0.05) is 17.9 Å². The van der Waals surface area contributed by atoms with Crippen molar-refractivity contribution < 1.29 is 9.15 Å². The highest BCUT2D eigenvalue weighted by Gasteiger charge is 2.33. The number of fused-ring (bicyclic) bond motifs is 2. The van der Waals surface area contributed by atoms with Crippen molar-refractivity contribution in [2.45, 2.75) is 19.4 Å². The highest BCUT2D eigenvalue weighted by molar-refractivity contribution is 5.59. The average Bonchev–Trinajstić information content (AvgIpc) is 2.70. The van der Waals surface area contributed by atoms with E-state index in [-0.39, 0.29) is 0 Å². The third-order valence-electron chi connectivity index (χ3n) is 3.08. The van der Waals surface area contributed by atoms with Crippen LogP contribution in [0.15, 0.2) is 22.3 Å². The first-order chi connectivity index (χ1) is 6.34. The first-order valence-electron chi connectivity index (χ1n) is 4.73. The van der Waals surface area contributed by atoms with E-state index in [2.05, 4.69) is 13.0 Å². The smallest absolute Gasteiger partial charge is 0.111 e. The number of furan rings is 1. The fraction of sp³-hybridized carbons (Fsp3) is 0.455. The fourth-order valence-electron chi connectivity index (χ4n) is 2.24. The van der Waals surface area contributed by atoms with Crippen LogP contribution in [0, 0.1) is 5.92 Å². The Morgan fingerprint density at radius 3 is 3.31 bits per heavy atom. The van der Waals surface area contributed by atoms with Gasteiger partial charge in [-0.15, -0.1) is 0 Å². The monoisotopic (exact) mass is 176 g/mol. The molecular weight excluding hydrogens is 164 g/mol. The molecule has 1 aromatic heterocycles. The standard InChI is InChI=1S/C11H12O2/c1-7-10-5-11-8(2-3-12-11)4-9(10)6-13-7/h2-4,7,10H,5-6H2,1H3. The summed E-state index contributed by atoms with van der Waals surface area (Å²) in [4.78, 5) is 0. The van der Waals surface area contributed by atoms with Crippen molar-refractivity contribution in [1.29, 1.82) is 0 Å². The van der Waals surface area contributed by atoms with Gasteiger partial charge in [-0.25, -0.2) is 0 Å². The summed E-state index contributed by atoms with van der Waals surface area (Å²) in [5.41, 5.74) is 2.67. The molecule has 68 valence electrons. The first-order valence-corrected chi connectivity index (χ1v) is 4.73. The number of ether oxygens (including phenoxy) is 1. The second-order valence-corrected chi connectivity index (χ2v) is 3.85. The summed E-state index contributed by atoms with van der Waals surface area (Å²) >= 11 is 0. The van der Waals surface area contributed by atoms with E-state index >= 15 is 0 Å². The molecule has 0 bridgehead atoms. The zero-order valence-corrected chi connectivity index (χ0v) is 7.62. The lowest BCUT2D eigenvalue weighted by molar-refractivity contribution is 0.105. The maximum Gasteiger partial charge on any atom is 0.111 e. The predicted octanol–water partition coefficient (Wildman–Crippen LogP) is 2.25. The number of hydrogen-bond donors (Lipinski definition) is 0. The summed E-state index contributed by atoms with van der Waals surface area (Å²) in [6, 6.07) is 2.03. The van der Waals surface area contributed by atoms with Gasteiger partial charge in [0.15, 0.2) is 0 Å². The lowest BCUT2D eigenvalue weighted by Gasteiger charge is -2.17. The van der Waals surface area contributed by atoms with E-state index in [1.165, 1.54) is 11.1 Å². The Bertz CT molecular complexity index is 362. The third-order valence-corrected chi connectivity index (χ3v) is 3.08. The largest absolute Gasteiger partial charge is 0.469 e. The molecule has 13 heavy (non-hydrogen) atoms. The summed E-state index contributed by atoms with van der Waals surface area (Å²) in [5.74, 6) is 1.67. The Hall–Kier alpha value is -1.02. The molecule has 0 radical (unpaired) electrons. The Balaban J connectivity index is 2.06. The van der Waals surface area contributed by atoms with Crippen LogP contribution in [0.3, 0.4) is 0 Å². The molecule has 2 atom stereocenters. The van der Waals surface area contributed by atoms with Crippen molar-refractivity contribution in [3.63, 3.8) is 0 Å². The van der Waals surface area contributed by atoms with Gasteiger partial charge in [0.25, 0.3) is 0 Å². The molecule has 1 fully saturated rings. The lowest BCUT2D eigenvalue weighted by atomic mass is 9.86. The van der Waals surface area contributed by atoms with Gasteiger partial charge in [-0.3, -0.25) is 0 Å². The molecule has 1 aromatic rings. The van der Waals surface area contributed by atoms with Gasteiger partial charge in [0.05, 0.1) is 19.0 Å².